The van der Waals surface area contributed by atoms with Crippen molar-refractivity contribution in [3.63, 3.8) is 0 Å². The number of hydrogen-bond donors (Lipinski definition) is 0. The zero-order valence-corrected chi connectivity index (χ0v) is 20.3. The fourth-order valence-electron chi connectivity index (χ4n) is 3.79. The highest BCUT2D eigenvalue weighted by Crippen LogP contribution is 2.41. The van der Waals surface area contributed by atoms with Crippen LogP contribution in [0.2, 0.25) is 15.1 Å². The molecule has 3 aromatic rings. The Hall–Kier alpha value is -2.87. The topological polar surface area (TPSA) is 50.3 Å². The molecule has 0 aliphatic carbocycles. The maximum Gasteiger partial charge on any atom is 0.399 e. The summed E-state index contributed by atoms with van der Waals surface area (Å²) >= 11 is 17.7. The summed E-state index contributed by atoms with van der Waals surface area (Å²) in [5, 5.41) is -0.172. The van der Waals surface area contributed by atoms with Crippen molar-refractivity contribution in [1.29, 1.82) is 0 Å². The van der Waals surface area contributed by atoms with E-state index in [0.29, 0.717) is 27.9 Å². The Bertz CT molecular complexity index is 1310. The summed E-state index contributed by atoms with van der Waals surface area (Å²) < 4.78 is 41.3. The first-order chi connectivity index (χ1) is 16.5. The number of fused-ring (bicyclic) bond motifs is 1. The number of carbonyl (C=O) groups is 2. The predicted octanol–water partition coefficient (Wildman–Crippen LogP) is 7.51. The van der Waals surface area contributed by atoms with Gasteiger partial charge in [-0.3, -0.25) is 19.5 Å². The van der Waals surface area contributed by atoms with Crippen LogP contribution < -0.4 is 0 Å². The molecule has 2 aromatic carbocycles. The van der Waals surface area contributed by atoms with Crippen LogP contribution in [0.25, 0.3) is 6.08 Å². The molecule has 0 fully saturated rings. The highest BCUT2D eigenvalue weighted by atomic mass is 35.5. The molecule has 0 saturated heterocycles. The standard InChI is InChI=1S/C25H16Cl3F3N2O2/c1-13-8-14(6-7-18(25(29,30)31)15-9-19(26)22(28)20(27)10-15)11-32-21(13)12-33-23(34)16-4-2-3-5-17(16)24(33)35/h2-11,18H,12H2,1H3/b7-6+. The summed E-state index contributed by atoms with van der Waals surface area (Å²) in [6.45, 7) is 1.66. The van der Waals surface area contributed by atoms with Crippen molar-refractivity contribution in [2.45, 2.75) is 25.6 Å². The third-order valence-electron chi connectivity index (χ3n) is 5.59. The van der Waals surface area contributed by atoms with Crippen molar-refractivity contribution in [1.82, 2.24) is 9.88 Å². The number of rotatable bonds is 5. The highest BCUT2D eigenvalue weighted by Gasteiger charge is 2.39. The van der Waals surface area contributed by atoms with Crippen LogP contribution in [0.1, 0.15) is 49.0 Å². The Balaban J connectivity index is 1.57. The van der Waals surface area contributed by atoms with Gasteiger partial charge in [0.05, 0.1) is 44.4 Å². The van der Waals surface area contributed by atoms with Gasteiger partial charge >= 0.3 is 6.18 Å². The van der Waals surface area contributed by atoms with Crippen molar-refractivity contribution in [2.75, 3.05) is 0 Å². The van der Waals surface area contributed by atoms with Crippen LogP contribution in [0.4, 0.5) is 13.2 Å². The number of nitrogens with zero attached hydrogens (tertiary/aromatic N) is 2. The lowest BCUT2D eigenvalue weighted by molar-refractivity contribution is -0.139. The molecule has 0 radical (unpaired) electrons. The molecule has 4 rings (SSSR count). The smallest absolute Gasteiger partial charge is 0.269 e. The van der Waals surface area contributed by atoms with Crippen molar-refractivity contribution in [3.05, 3.63) is 103 Å². The zero-order valence-electron chi connectivity index (χ0n) is 18.0. The Morgan fingerprint density at radius 2 is 1.57 bits per heavy atom. The lowest BCUT2D eigenvalue weighted by Gasteiger charge is -2.18. The van der Waals surface area contributed by atoms with Gasteiger partial charge in [0.1, 0.15) is 0 Å². The van der Waals surface area contributed by atoms with Gasteiger partial charge in [0.15, 0.2) is 0 Å². The summed E-state index contributed by atoms with van der Waals surface area (Å²) in [6, 6.07) is 10.4. The van der Waals surface area contributed by atoms with E-state index in [1.165, 1.54) is 12.3 Å². The van der Waals surface area contributed by atoms with Crippen LogP contribution >= 0.6 is 34.8 Å². The number of allylic oxidation sites excluding steroid dienone is 1. The van der Waals surface area contributed by atoms with Crippen LogP contribution in [0, 0.1) is 6.92 Å². The average molecular weight is 540 g/mol. The summed E-state index contributed by atoms with van der Waals surface area (Å²) in [4.78, 5) is 30.6. The number of aryl methyl sites for hydroxylation is 1. The lowest BCUT2D eigenvalue weighted by atomic mass is 9.97. The average Bonchev–Trinajstić information content (AvgIpc) is 3.03. The van der Waals surface area contributed by atoms with Gasteiger partial charge in [0.2, 0.25) is 0 Å². The van der Waals surface area contributed by atoms with Gasteiger partial charge in [-0.2, -0.15) is 13.2 Å². The summed E-state index contributed by atoms with van der Waals surface area (Å²) in [7, 11) is 0. The Kier molecular flexibility index (Phi) is 6.95. The number of benzene rings is 2. The highest BCUT2D eigenvalue weighted by molar-refractivity contribution is 6.48. The zero-order chi connectivity index (χ0) is 25.5. The van der Waals surface area contributed by atoms with Crippen LogP contribution in [0.3, 0.4) is 0 Å². The molecule has 4 nitrogen and oxygen atoms in total. The molecule has 0 spiro atoms. The molecule has 0 saturated carbocycles. The van der Waals surface area contributed by atoms with E-state index in [2.05, 4.69) is 4.98 Å². The second kappa shape index (κ2) is 9.64. The van der Waals surface area contributed by atoms with Gasteiger partial charge in [-0.05, 0) is 53.9 Å². The maximum atomic E-state index is 13.8. The van der Waals surface area contributed by atoms with Crippen molar-refractivity contribution >= 4 is 52.7 Å². The first-order valence-electron chi connectivity index (χ1n) is 10.3. The molecular formula is C25H16Cl3F3N2O2. The molecule has 1 atom stereocenters. The lowest BCUT2D eigenvalue weighted by Crippen LogP contribution is -2.29. The van der Waals surface area contributed by atoms with E-state index in [1.54, 1.807) is 37.3 Å². The molecule has 1 unspecified atom stereocenters. The quantitative estimate of drug-likeness (QED) is 0.249. The van der Waals surface area contributed by atoms with Crippen molar-refractivity contribution in [3.8, 4) is 0 Å². The number of alkyl halides is 3. The minimum Gasteiger partial charge on any atom is -0.269 e. The Morgan fingerprint density at radius 1 is 1.00 bits per heavy atom. The van der Waals surface area contributed by atoms with E-state index >= 15 is 0 Å². The largest absolute Gasteiger partial charge is 0.399 e. The van der Waals surface area contributed by atoms with E-state index < -0.39 is 23.9 Å². The monoisotopic (exact) mass is 538 g/mol. The minimum atomic E-state index is -4.61. The molecule has 180 valence electrons. The molecular weight excluding hydrogens is 524 g/mol. The third kappa shape index (κ3) is 5.08. The molecule has 2 amide bonds. The summed E-state index contributed by atoms with van der Waals surface area (Å²) in [6.07, 6.45) is -0.951. The molecule has 35 heavy (non-hydrogen) atoms. The second-order valence-corrected chi connectivity index (χ2v) is 9.14. The van der Waals surface area contributed by atoms with Crippen molar-refractivity contribution in [2.24, 2.45) is 0 Å². The summed E-state index contributed by atoms with van der Waals surface area (Å²) in [5.41, 5.74) is 1.99. The van der Waals surface area contributed by atoms with Gasteiger partial charge in [-0.15, -0.1) is 0 Å². The Labute approximate surface area is 213 Å². The number of pyridine rings is 1. The molecule has 0 bridgehead atoms. The fourth-order valence-corrected chi connectivity index (χ4v) is 4.40. The number of hydrogen-bond acceptors (Lipinski definition) is 3. The fraction of sp³-hybridized carbons (Fsp3) is 0.160. The van der Waals surface area contributed by atoms with Gasteiger partial charge in [-0.1, -0.05) is 59.1 Å². The normalized spacial score (nSPS) is 14.7. The number of aromatic nitrogens is 1. The molecule has 10 heteroatoms. The third-order valence-corrected chi connectivity index (χ3v) is 6.79. The Morgan fingerprint density at radius 3 is 2.09 bits per heavy atom. The molecule has 2 heterocycles. The van der Waals surface area contributed by atoms with Gasteiger partial charge < -0.3 is 0 Å². The second-order valence-electron chi connectivity index (χ2n) is 7.95. The van der Waals surface area contributed by atoms with Gasteiger partial charge in [0.25, 0.3) is 11.8 Å². The molecule has 0 N–H and O–H groups in total. The number of carbonyl (C=O) groups excluding carboxylic acids is 2. The number of halogens is 6. The van der Waals surface area contributed by atoms with Crippen LogP contribution in [0.5, 0.6) is 0 Å². The SMILES string of the molecule is Cc1cc(/C=C/C(c2cc(Cl)c(Cl)c(Cl)c2)C(F)(F)F)cnc1CN1C(=O)c2ccccc2C1=O. The van der Waals surface area contributed by atoms with Crippen LogP contribution in [-0.2, 0) is 6.54 Å². The number of imide groups is 1. The molecule has 1 aliphatic rings. The van der Waals surface area contributed by atoms with E-state index in [9.17, 15) is 22.8 Å². The van der Waals surface area contributed by atoms with E-state index in [-0.39, 0.29) is 27.2 Å². The first-order valence-corrected chi connectivity index (χ1v) is 11.4. The van der Waals surface area contributed by atoms with Gasteiger partial charge in [-0.25, -0.2) is 0 Å². The summed E-state index contributed by atoms with van der Waals surface area (Å²) in [5.74, 6) is -2.80. The van der Waals surface area contributed by atoms with E-state index in [1.807, 2.05) is 0 Å². The van der Waals surface area contributed by atoms with Gasteiger partial charge in [0, 0.05) is 6.20 Å². The number of amides is 2. The predicted molar refractivity (Wildman–Crippen MR) is 129 cm³/mol. The molecule has 1 aromatic heterocycles. The van der Waals surface area contributed by atoms with Crippen molar-refractivity contribution < 1.29 is 22.8 Å². The molecule has 1 aliphatic heterocycles. The van der Waals surface area contributed by atoms with E-state index in [4.69, 9.17) is 34.8 Å². The van der Waals surface area contributed by atoms with E-state index in [0.717, 1.165) is 23.1 Å². The van der Waals surface area contributed by atoms with Crippen LogP contribution in [-0.4, -0.2) is 27.9 Å². The first kappa shape index (κ1) is 25.2. The maximum absolute atomic E-state index is 13.8. The van der Waals surface area contributed by atoms with Crippen LogP contribution in [0.15, 0.2) is 54.7 Å². The minimum absolute atomic E-state index is 0.0181.